The zero-order valence-corrected chi connectivity index (χ0v) is 7.42. The van der Waals surface area contributed by atoms with Crippen molar-refractivity contribution in [3.63, 3.8) is 0 Å². The number of methoxy groups -OCH3 is 1. The Morgan fingerprint density at radius 2 is 2.40 bits per heavy atom. The Kier molecular flexibility index (Phi) is 2.26. The fourth-order valence-corrected chi connectivity index (χ4v) is 1.12. The summed E-state index contributed by atoms with van der Waals surface area (Å²) in [5, 5.41) is 7.56. The van der Waals surface area contributed by atoms with Crippen molar-refractivity contribution in [1.29, 1.82) is 0 Å². The fraction of sp³-hybridized carbons (Fsp3) is 0.600. The molecule has 5 heteroatoms. The SMILES string of the molecule is CCn1nnc(Br)c1OC. The van der Waals surface area contributed by atoms with Crippen molar-refractivity contribution in [2.24, 2.45) is 0 Å². The molecule has 1 aromatic heterocycles. The molecule has 10 heavy (non-hydrogen) atoms. The maximum absolute atomic E-state index is 5.00. The third-order valence-electron chi connectivity index (χ3n) is 1.14. The van der Waals surface area contributed by atoms with Gasteiger partial charge < -0.3 is 4.74 Å². The Labute approximate surface area is 67.3 Å². The second-order valence-electron chi connectivity index (χ2n) is 1.71. The standard InChI is InChI=1S/C5H8BrN3O/c1-3-9-5(10-2)4(6)7-8-9/h3H2,1-2H3. The Morgan fingerprint density at radius 1 is 1.70 bits per heavy atom. The predicted molar refractivity (Wildman–Crippen MR) is 39.9 cm³/mol. The van der Waals surface area contributed by atoms with Gasteiger partial charge in [0.25, 0.3) is 0 Å². The van der Waals surface area contributed by atoms with Crippen LogP contribution in [0, 0.1) is 0 Å². The molecule has 0 saturated carbocycles. The summed E-state index contributed by atoms with van der Waals surface area (Å²) in [4.78, 5) is 0. The van der Waals surface area contributed by atoms with Gasteiger partial charge >= 0.3 is 0 Å². The molecular formula is C5H8BrN3O. The normalized spacial score (nSPS) is 9.90. The van der Waals surface area contributed by atoms with Crippen LogP contribution in [0.3, 0.4) is 0 Å². The van der Waals surface area contributed by atoms with Crippen molar-refractivity contribution in [2.45, 2.75) is 13.5 Å². The minimum atomic E-state index is 0.650. The van der Waals surface area contributed by atoms with E-state index in [-0.39, 0.29) is 0 Å². The summed E-state index contributed by atoms with van der Waals surface area (Å²) in [7, 11) is 1.59. The van der Waals surface area contributed by atoms with Crippen LogP contribution in [0.2, 0.25) is 0 Å². The first-order chi connectivity index (χ1) is 4.79. The van der Waals surface area contributed by atoms with Crippen LogP contribution in [0.25, 0.3) is 0 Å². The number of hydrogen-bond donors (Lipinski definition) is 0. The van der Waals surface area contributed by atoms with Crippen molar-refractivity contribution in [1.82, 2.24) is 15.0 Å². The quantitative estimate of drug-likeness (QED) is 0.726. The molecule has 0 fully saturated rings. The van der Waals surface area contributed by atoms with E-state index in [0.29, 0.717) is 10.5 Å². The molecule has 0 bridgehead atoms. The first-order valence-electron chi connectivity index (χ1n) is 2.92. The summed E-state index contributed by atoms with van der Waals surface area (Å²) < 4.78 is 7.32. The summed E-state index contributed by atoms with van der Waals surface area (Å²) in [5.41, 5.74) is 0. The van der Waals surface area contributed by atoms with Crippen molar-refractivity contribution in [3.05, 3.63) is 4.60 Å². The third kappa shape index (κ3) is 1.13. The van der Waals surface area contributed by atoms with E-state index < -0.39 is 0 Å². The molecule has 0 N–H and O–H groups in total. The van der Waals surface area contributed by atoms with Crippen LogP contribution in [0.1, 0.15) is 6.92 Å². The molecule has 56 valence electrons. The lowest BCUT2D eigenvalue weighted by atomic mass is 10.7. The lowest BCUT2D eigenvalue weighted by Gasteiger charge is -1.99. The number of nitrogens with zero attached hydrogens (tertiary/aromatic N) is 3. The average molecular weight is 206 g/mol. The molecule has 1 heterocycles. The zero-order chi connectivity index (χ0) is 7.56. The van der Waals surface area contributed by atoms with E-state index >= 15 is 0 Å². The van der Waals surface area contributed by atoms with Crippen molar-refractivity contribution >= 4 is 15.9 Å². The number of rotatable bonds is 2. The van der Waals surface area contributed by atoms with Gasteiger partial charge in [-0.15, -0.1) is 5.10 Å². The number of ether oxygens (including phenoxy) is 1. The van der Waals surface area contributed by atoms with Gasteiger partial charge in [0.15, 0.2) is 4.60 Å². The van der Waals surface area contributed by atoms with E-state index in [2.05, 4.69) is 26.2 Å². The molecule has 0 atom stereocenters. The van der Waals surface area contributed by atoms with Gasteiger partial charge in [-0.3, -0.25) is 0 Å². The molecule has 0 unspecified atom stereocenters. The smallest absolute Gasteiger partial charge is 0.247 e. The Morgan fingerprint density at radius 3 is 2.80 bits per heavy atom. The van der Waals surface area contributed by atoms with Gasteiger partial charge in [-0.25, -0.2) is 4.68 Å². The number of halogens is 1. The van der Waals surface area contributed by atoms with Crippen LogP contribution in [-0.2, 0) is 6.54 Å². The minimum absolute atomic E-state index is 0.650. The van der Waals surface area contributed by atoms with Gasteiger partial charge in [0, 0.05) is 6.54 Å². The molecule has 0 radical (unpaired) electrons. The Bertz CT molecular complexity index is 223. The van der Waals surface area contributed by atoms with Crippen LogP contribution in [-0.4, -0.2) is 22.1 Å². The second kappa shape index (κ2) is 3.01. The van der Waals surface area contributed by atoms with Crippen molar-refractivity contribution in [2.75, 3.05) is 7.11 Å². The van der Waals surface area contributed by atoms with Gasteiger partial charge in [0.2, 0.25) is 5.88 Å². The predicted octanol–water partition coefficient (Wildman–Crippen LogP) is 1.07. The minimum Gasteiger partial charge on any atom is -0.479 e. The van der Waals surface area contributed by atoms with Gasteiger partial charge in [0.1, 0.15) is 0 Å². The van der Waals surface area contributed by atoms with Gasteiger partial charge in [-0.1, -0.05) is 5.21 Å². The highest BCUT2D eigenvalue weighted by molar-refractivity contribution is 9.10. The van der Waals surface area contributed by atoms with E-state index in [1.165, 1.54) is 0 Å². The first kappa shape index (κ1) is 7.53. The molecule has 1 rings (SSSR count). The van der Waals surface area contributed by atoms with Crippen LogP contribution in [0.15, 0.2) is 4.60 Å². The van der Waals surface area contributed by atoms with E-state index in [0.717, 1.165) is 6.54 Å². The van der Waals surface area contributed by atoms with Crippen LogP contribution < -0.4 is 4.74 Å². The topological polar surface area (TPSA) is 39.9 Å². The summed E-state index contributed by atoms with van der Waals surface area (Å²) in [5.74, 6) is 0.669. The van der Waals surface area contributed by atoms with E-state index in [4.69, 9.17) is 4.74 Å². The molecule has 0 amide bonds. The molecule has 0 aliphatic rings. The number of aromatic nitrogens is 3. The largest absolute Gasteiger partial charge is 0.479 e. The summed E-state index contributed by atoms with van der Waals surface area (Å²) in [6.07, 6.45) is 0. The summed E-state index contributed by atoms with van der Waals surface area (Å²) in [6.45, 7) is 2.74. The molecule has 0 aliphatic heterocycles. The first-order valence-corrected chi connectivity index (χ1v) is 3.71. The molecule has 0 spiro atoms. The van der Waals surface area contributed by atoms with Gasteiger partial charge in [0.05, 0.1) is 7.11 Å². The highest BCUT2D eigenvalue weighted by atomic mass is 79.9. The van der Waals surface area contributed by atoms with Crippen molar-refractivity contribution in [3.8, 4) is 5.88 Å². The van der Waals surface area contributed by atoms with Gasteiger partial charge in [-0.05, 0) is 22.9 Å². The monoisotopic (exact) mass is 205 g/mol. The van der Waals surface area contributed by atoms with E-state index in [9.17, 15) is 0 Å². The van der Waals surface area contributed by atoms with Crippen LogP contribution in [0.5, 0.6) is 5.88 Å². The van der Waals surface area contributed by atoms with Gasteiger partial charge in [-0.2, -0.15) is 0 Å². The molecule has 4 nitrogen and oxygen atoms in total. The third-order valence-corrected chi connectivity index (χ3v) is 1.64. The second-order valence-corrected chi connectivity index (χ2v) is 2.46. The molecule has 0 aliphatic carbocycles. The zero-order valence-electron chi connectivity index (χ0n) is 5.83. The molecule has 1 aromatic rings. The molecule has 0 saturated heterocycles. The lowest BCUT2D eigenvalue weighted by molar-refractivity contribution is 0.361. The van der Waals surface area contributed by atoms with E-state index in [1.807, 2.05) is 6.92 Å². The average Bonchev–Trinajstić information content (AvgIpc) is 2.30. The lowest BCUT2D eigenvalue weighted by Crippen LogP contribution is -1.99. The van der Waals surface area contributed by atoms with Crippen LogP contribution in [0.4, 0.5) is 0 Å². The highest BCUT2D eigenvalue weighted by Crippen LogP contribution is 2.20. The molecule has 0 aromatic carbocycles. The number of aryl methyl sites for hydroxylation is 1. The maximum atomic E-state index is 5.00. The van der Waals surface area contributed by atoms with Crippen molar-refractivity contribution < 1.29 is 4.74 Å². The number of hydrogen-bond acceptors (Lipinski definition) is 3. The molecular weight excluding hydrogens is 198 g/mol. The Balaban J connectivity index is 3.01. The fourth-order valence-electron chi connectivity index (χ4n) is 0.680. The highest BCUT2D eigenvalue weighted by Gasteiger charge is 2.07. The van der Waals surface area contributed by atoms with E-state index in [1.54, 1.807) is 11.8 Å². The Hall–Kier alpha value is -0.580. The summed E-state index contributed by atoms with van der Waals surface area (Å²) >= 11 is 3.20. The maximum Gasteiger partial charge on any atom is 0.247 e. The van der Waals surface area contributed by atoms with Crippen LogP contribution >= 0.6 is 15.9 Å². The summed E-state index contributed by atoms with van der Waals surface area (Å²) in [6, 6.07) is 0.